The van der Waals surface area contributed by atoms with E-state index in [0.717, 1.165) is 12.1 Å². The molecule has 2 aliphatic heterocycles. The van der Waals surface area contributed by atoms with E-state index in [1.165, 1.54) is 54.8 Å². The van der Waals surface area contributed by atoms with Crippen LogP contribution in [0.1, 0.15) is 49.7 Å². The van der Waals surface area contributed by atoms with Crippen LogP contribution in [-0.2, 0) is 27.9 Å². The first-order chi connectivity index (χ1) is 16.0. The molecule has 1 aromatic carbocycles. The van der Waals surface area contributed by atoms with E-state index >= 15 is 0 Å². The number of hydrogen-bond acceptors (Lipinski definition) is 5. The normalized spacial score (nSPS) is 19.2. The van der Waals surface area contributed by atoms with E-state index in [0.29, 0.717) is 32.5 Å². The summed E-state index contributed by atoms with van der Waals surface area (Å²) >= 11 is 0. The summed E-state index contributed by atoms with van der Waals surface area (Å²) in [5.41, 5.74) is 2.40. The van der Waals surface area contributed by atoms with Gasteiger partial charge in [-0.3, -0.25) is 14.7 Å². The second-order valence-electron chi connectivity index (χ2n) is 9.09. The Hall–Kier alpha value is -2.29. The van der Waals surface area contributed by atoms with Gasteiger partial charge < -0.3 is 5.32 Å². The molecule has 1 amide bonds. The number of hydrogen-bond donors (Lipinski definition) is 1. The summed E-state index contributed by atoms with van der Waals surface area (Å²) in [5.74, 6) is -0.158. The summed E-state index contributed by atoms with van der Waals surface area (Å²) in [4.78, 5) is 19.3. The number of aromatic nitrogens is 1. The summed E-state index contributed by atoms with van der Waals surface area (Å²) in [6, 6.07) is 11.7. The van der Waals surface area contributed by atoms with Crippen molar-refractivity contribution < 1.29 is 13.2 Å². The van der Waals surface area contributed by atoms with Crippen molar-refractivity contribution in [1.29, 1.82) is 0 Å². The van der Waals surface area contributed by atoms with Gasteiger partial charge in [-0.25, -0.2) is 8.42 Å². The highest BCUT2D eigenvalue weighted by Crippen LogP contribution is 2.23. The van der Waals surface area contributed by atoms with Crippen molar-refractivity contribution in [3.05, 3.63) is 59.9 Å². The van der Waals surface area contributed by atoms with Crippen molar-refractivity contribution in [1.82, 2.24) is 19.5 Å². The Bertz CT molecular complexity index is 996. The van der Waals surface area contributed by atoms with Crippen molar-refractivity contribution in [2.75, 3.05) is 26.2 Å². The van der Waals surface area contributed by atoms with Crippen molar-refractivity contribution >= 4 is 15.9 Å². The van der Waals surface area contributed by atoms with Crippen LogP contribution in [0.5, 0.6) is 0 Å². The minimum atomic E-state index is -3.55. The van der Waals surface area contributed by atoms with Crippen LogP contribution in [0.25, 0.3) is 0 Å². The Morgan fingerprint density at radius 2 is 1.61 bits per heavy atom. The van der Waals surface area contributed by atoms with Crippen molar-refractivity contribution in [3.8, 4) is 0 Å². The van der Waals surface area contributed by atoms with Gasteiger partial charge in [-0.1, -0.05) is 37.1 Å². The lowest BCUT2D eigenvalue weighted by atomic mass is 9.97. The van der Waals surface area contributed by atoms with E-state index in [4.69, 9.17) is 0 Å². The topological polar surface area (TPSA) is 82.6 Å². The molecule has 0 saturated carbocycles. The minimum absolute atomic E-state index is 0.00192. The quantitative estimate of drug-likeness (QED) is 0.672. The molecule has 2 fully saturated rings. The number of likely N-dealkylation sites (tertiary alicyclic amines) is 1. The molecule has 2 saturated heterocycles. The average molecular weight is 471 g/mol. The molecule has 2 aliphatic rings. The predicted molar refractivity (Wildman–Crippen MR) is 128 cm³/mol. The number of nitrogens with one attached hydrogen (secondary N) is 1. The van der Waals surface area contributed by atoms with E-state index in [-0.39, 0.29) is 16.7 Å². The van der Waals surface area contributed by atoms with Crippen LogP contribution in [0.3, 0.4) is 0 Å². The average Bonchev–Trinajstić information content (AvgIpc) is 3.13. The fourth-order valence-electron chi connectivity index (χ4n) is 4.66. The highest BCUT2D eigenvalue weighted by Gasteiger charge is 2.32. The van der Waals surface area contributed by atoms with Crippen molar-refractivity contribution in [2.24, 2.45) is 5.92 Å². The number of nitrogens with zero attached hydrogens (tertiary/aromatic N) is 3. The molecule has 4 rings (SSSR count). The van der Waals surface area contributed by atoms with E-state index in [1.54, 1.807) is 18.3 Å². The van der Waals surface area contributed by atoms with Crippen LogP contribution >= 0.6 is 0 Å². The number of piperidine rings is 1. The number of rotatable bonds is 7. The molecule has 0 bridgehead atoms. The Morgan fingerprint density at radius 1 is 0.939 bits per heavy atom. The molecule has 0 spiro atoms. The maximum Gasteiger partial charge on any atom is 0.244 e. The van der Waals surface area contributed by atoms with Gasteiger partial charge in [-0.05, 0) is 62.0 Å². The highest BCUT2D eigenvalue weighted by atomic mass is 32.2. The van der Waals surface area contributed by atoms with Gasteiger partial charge in [0.25, 0.3) is 0 Å². The fourth-order valence-corrected chi connectivity index (χ4v) is 6.09. The molecule has 0 radical (unpaired) electrons. The largest absolute Gasteiger partial charge is 0.352 e. The van der Waals surface area contributed by atoms with E-state index < -0.39 is 10.0 Å². The number of carbonyl (C=O) groups excluding carboxylic acids is 1. The number of pyridine rings is 1. The van der Waals surface area contributed by atoms with Crippen LogP contribution in [0.2, 0.25) is 0 Å². The molecule has 178 valence electrons. The third-order valence-electron chi connectivity index (χ3n) is 6.69. The lowest BCUT2D eigenvalue weighted by Crippen LogP contribution is -2.42. The first-order valence-corrected chi connectivity index (χ1v) is 13.4. The number of sulfonamides is 1. The van der Waals surface area contributed by atoms with Gasteiger partial charge in [-0.2, -0.15) is 4.31 Å². The van der Waals surface area contributed by atoms with Gasteiger partial charge in [0.15, 0.2) is 0 Å². The fraction of sp³-hybridized carbons (Fsp3) is 0.520. The zero-order chi connectivity index (χ0) is 23.1. The Balaban J connectivity index is 1.22. The second kappa shape index (κ2) is 11.2. The molecule has 0 unspecified atom stereocenters. The van der Waals surface area contributed by atoms with E-state index in [2.05, 4.69) is 39.5 Å². The maximum absolute atomic E-state index is 12.7. The Labute approximate surface area is 197 Å². The van der Waals surface area contributed by atoms with Gasteiger partial charge in [0.1, 0.15) is 4.90 Å². The molecule has 1 N–H and O–H groups in total. The summed E-state index contributed by atoms with van der Waals surface area (Å²) in [6.45, 7) is 4.55. The van der Waals surface area contributed by atoms with Crippen LogP contribution in [0.15, 0.2) is 53.7 Å². The van der Waals surface area contributed by atoms with Crippen LogP contribution in [0, 0.1) is 5.92 Å². The first-order valence-electron chi connectivity index (χ1n) is 12.0. The Kier molecular flexibility index (Phi) is 8.11. The van der Waals surface area contributed by atoms with Gasteiger partial charge in [0, 0.05) is 44.5 Å². The minimum Gasteiger partial charge on any atom is -0.352 e. The Morgan fingerprint density at radius 3 is 2.24 bits per heavy atom. The summed E-state index contributed by atoms with van der Waals surface area (Å²) in [5, 5.41) is 3.04. The second-order valence-corrected chi connectivity index (χ2v) is 11.0. The lowest BCUT2D eigenvalue weighted by Gasteiger charge is -2.30. The lowest BCUT2D eigenvalue weighted by molar-refractivity contribution is -0.126. The molecule has 0 aliphatic carbocycles. The number of amides is 1. The van der Waals surface area contributed by atoms with Crippen LogP contribution in [-0.4, -0.2) is 54.7 Å². The standard InChI is InChI=1S/C25H34N4O3S/c30-25(23-11-16-29(17-12-23)33(31,32)24-6-5-13-26-19-24)27-18-21-7-9-22(10-8-21)20-28-14-3-1-2-4-15-28/h5-10,13,19,23H,1-4,11-12,14-18,20H2,(H,27,30). The monoisotopic (exact) mass is 470 g/mol. The van der Waals surface area contributed by atoms with Gasteiger partial charge in [0.2, 0.25) is 15.9 Å². The number of benzene rings is 1. The zero-order valence-corrected chi connectivity index (χ0v) is 20.0. The first kappa shape index (κ1) is 23.9. The third-order valence-corrected chi connectivity index (χ3v) is 8.57. The zero-order valence-electron chi connectivity index (χ0n) is 19.2. The molecule has 2 aromatic rings. The van der Waals surface area contributed by atoms with Crippen LogP contribution < -0.4 is 5.32 Å². The molecular formula is C25H34N4O3S. The molecular weight excluding hydrogens is 436 g/mol. The van der Waals surface area contributed by atoms with Crippen molar-refractivity contribution in [3.63, 3.8) is 0 Å². The van der Waals surface area contributed by atoms with Crippen LogP contribution in [0.4, 0.5) is 0 Å². The smallest absolute Gasteiger partial charge is 0.244 e. The molecule has 7 nitrogen and oxygen atoms in total. The summed E-state index contributed by atoms with van der Waals surface area (Å²) in [7, 11) is -3.55. The van der Waals surface area contributed by atoms with Gasteiger partial charge in [0.05, 0.1) is 0 Å². The SMILES string of the molecule is O=C(NCc1ccc(CN2CCCCCC2)cc1)C1CCN(S(=O)(=O)c2cccnc2)CC1. The molecule has 3 heterocycles. The summed E-state index contributed by atoms with van der Waals surface area (Å²) < 4.78 is 26.9. The molecule has 1 aromatic heterocycles. The number of carbonyl (C=O) groups is 1. The third kappa shape index (κ3) is 6.40. The van der Waals surface area contributed by atoms with Gasteiger partial charge in [-0.15, -0.1) is 0 Å². The highest BCUT2D eigenvalue weighted by molar-refractivity contribution is 7.89. The summed E-state index contributed by atoms with van der Waals surface area (Å²) in [6.07, 6.45) is 9.24. The van der Waals surface area contributed by atoms with Crippen molar-refractivity contribution in [2.45, 2.75) is 56.5 Å². The predicted octanol–water partition coefficient (Wildman–Crippen LogP) is 3.17. The van der Waals surface area contributed by atoms with E-state index in [9.17, 15) is 13.2 Å². The molecule has 8 heteroatoms. The maximum atomic E-state index is 12.7. The molecule has 0 atom stereocenters. The van der Waals surface area contributed by atoms with Gasteiger partial charge >= 0.3 is 0 Å². The molecule has 33 heavy (non-hydrogen) atoms. The van der Waals surface area contributed by atoms with E-state index in [1.807, 2.05) is 0 Å².